The maximum Gasteiger partial charge on any atom is 0.407 e. The highest BCUT2D eigenvalue weighted by Crippen LogP contribution is 2.37. The third kappa shape index (κ3) is 4.01. The van der Waals surface area contributed by atoms with Crippen LogP contribution < -0.4 is 0 Å². The second-order valence-electron chi connectivity index (χ2n) is 6.43. The molecule has 1 unspecified atom stereocenters. The molecule has 2 aliphatic rings. The van der Waals surface area contributed by atoms with E-state index in [9.17, 15) is 9.90 Å². The average molecular weight is 304 g/mol. The molecule has 0 aromatic rings. The van der Waals surface area contributed by atoms with Gasteiger partial charge in [0.2, 0.25) is 0 Å². The predicted molar refractivity (Wildman–Crippen MR) is 90.1 cm³/mol. The number of carboxylic acid groups (broad SMARTS) is 1. The predicted octanol–water partition coefficient (Wildman–Crippen LogP) is 3.67. The third-order valence-corrected chi connectivity index (χ3v) is 4.85. The van der Waals surface area contributed by atoms with Crippen molar-refractivity contribution in [1.29, 1.82) is 0 Å². The molecule has 0 bridgehead atoms. The lowest BCUT2D eigenvalue weighted by Crippen LogP contribution is -2.57. The molecule has 0 aliphatic carbocycles. The van der Waals surface area contributed by atoms with Gasteiger partial charge in [-0.25, -0.2) is 4.79 Å². The van der Waals surface area contributed by atoms with Gasteiger partial charge in [0.25, 0.3) is 0 Å². The van der Waals surface area contributed by atoms with E-state index >= 15 is 0 Å². The smallest absolute Gasteiger partial charge is 0.407 e. The summed E-state index contributed by atoms with van der Waals surface area (Å²) in [5.41, 5.74) is 0.992. The molecule has 2 saturated heterocycles. The van der Waals surface area contributed by atoms with Crippen LogP contribution in [0.4, 0.5) is 4.79 Å². The molecule has 0 radical (unpaired) electrons. The number of hydrogen-bond acceptors (Lipinski definition) is 2. The lowest BCUT2D eigenvalue weighted by atomic mass is 9.86. The molecular weight excluding hydrogens is 276 g/mol. The van der Waals surface area contributed by atoms with Gasteiger partial charge in [0.05, 0.1) is 5.54 Å². The van der Waals surface area contributed by atoms with Crippen molar-refractivity contribution in [3.8, 4) is 0 Å². The van der Waals surface area contributed by atoms with Crippen LogP contribution in [0.25, 0.3) is 0 Å². The number of nitrogens with zero attached hydrogens (tertiary/aromatic N) is 2. The summed E-state index contributed by atoms with van der Waals surface area (Å²) in [5, 5.41) is 9.43. The van der Waals surface area contributed by atoms with Gasteiger partial charge in [0.15, 0.2) is 0 Å². The first-order chi connectivity index (χ1) is 10.6. The lowest BCUT2D eigenvalue weighted by molar-refractivity contribution is 0.0432. The highest BCUT2D eigenvalue weighted by molar-refractivity contribution is 5.66. The number of hydrogen-bond donors (Lipinski definition) is 1. The monoisotopic (exact) mass is 304 g/mol. The Morgan fingerprint density at radius 3 is 2.68 bits per heavy atom. The van der Waals surface area contributed by atoms with Crippen LogP contribution in [0.3, 0.4) is 0 Å². The topological polar surface area (TPSA) is 43.8 Å². The van der Waals surface area contributed by atoms with E-state index in [0.29, 0.717) is 6.54 Å². The van der Waals surface area contributed by atoms with E-state index in [1.165, 1.54) is 0 Å². The summed E-state index contributed by atoms with van der Waals surface area (Å²) >= 11 is 0. The van der Waals surface area contributed by atoms with Crippen LogP contribution in [-0.4, -0.2) is 52.7 Å². The van der Waals surface area contributed by atoms with Crippen molar-refractivity contribution in [2.75, 3.05) is 26.2 Å². The van der Waals surface area contributed by atoms with E-state index in [-0.39, 0.29) is 5.54 Å². The van der Waals surface area contributed by atoms with Crippen molar-refractivity contribution >= 4 is 6.09 Å². The number of piperidine rings is 1. The zero-order chi connectivity index (χ0) is 16.0. The zero-order valence-electron chi connectivity index (χ0n) is 13.6. The van der Waals surface area contributed by atoms with E-state index < -0.39 is 6.09 Å². The molecule has 1 spiro atoms. The van der Waals surface area contributed by atoms with Gasteiger partial charge in [-0.2, -0.15) is 0 Å². The summed E-state index contributed by atoms with van der Waals surface area (Å²) in [6.45, 7) is 9.70. The number of allylic oxidation sites excluding steroid dienone is 4. The summed E-state index contributed by atoms with van der Waals surface area (Å²) in [4.78, 5) is 15.6. The van der Waals surface area contributed by atoms with Gasteiger partial charge in [-0.15, -0.1) is 0 Å². The largest absolute Gasteiger partial charge is 0.465 e. The van der Waals surface area contributed by atoms with E-state index in [1.807, 2.05) is 25.2 Å². The fourth-order valence-corrected chi connectivity index (χ4v) is 3.75. The minimum Gasteiger partial charge on any atom is -0.465 e. The Kier molecular flexibility index (Phi) is 5.83. The fraction of sp³-hybridized carbons (Fsp3) is 0.611. The van der Waals surface area contributed by atoms with Crippen molar-refractivity contribution in [3.05, 3.63) is 36.5 Å². The average Bonchev–Trinajstić information content (AvgIpc) is 2.88. The molecule has 0 aromatic carbocycles. The number of carbonyl (C=O) groups is 1. The summed E-state index contributed by atoms with van der Waals surface area (Å²) in [6.07, 6.45) is 12.4. The third-order valence-electron chi connectivity index (χ3n) is 4.85. The fourth-order valence-electron chi connectivity index (χ4n) is 3.75. The standard InChI is InChI=1S/C18H28N2O2/c1-3-4-5-8-16(2)9-14-19-12-6-10-18(15-19)11-7-13-20(18)17(21)22/h3-5,8H,2,6-7,9-15H2,1H3,(H,21,22)/b4-3-,8-5-. The van der Waals surface area contributed by atoms with Gasteiger partial charge in [-0.3, -0.25) is 0 Å². The molecule has 1 N–H and O–H groups in total. The highest BCUT2D eigenvalue weighted by Gasteiger charge is 2.46. The Morgan fingerprint density at radius 2 is 2.00 bits per heavy atom. The van der Waals surface area contributed by atoms with Crippen LogP contribution in [-0.2, 0) is 0 Å². The molecular formula is C18H28N2O2. The van der Waals surface area contributed by atoms with Gasteiger partial charge in [0, 0.05) is 19.6 Å². The quantitative estimate of drug-likeness (QED) is 0.788. The summed E-state index contributed by atoms with van der Waals surface area (Å²) in [5.74, 6) is 0. The lowest BCUT2D eigenvalue weighted by Gasteiger charge is -2.45. The van der Waals surface area contributed by atoms with Gasteiger partial charge in [0.1, 0.15) is 0 Å². The summed E-state index contributed by atoms with van der Waals surface area (Å²) < 4.78 is 0. The molecule has 122 valence electrons. The Balaban J connectivity index is 1.88. The van der Waals surface area contributed by atoms with Crippen LogP contribution in [0.1, 0.15) is 39.0 Å². The van der Waals surface area contributed by atoms with E-state index in [0.717, 1.165) is 57.3 Å². The Morgan fingerprint density at radius 1 is 1.27 bits per heavy atom. The van der Waals surface area contributed by atoms with Gasteiger partial charge < -0.3 is 14.9 Å². The first kappa shape index (κ1) is 16.8. The van der Waals surface area contributed by atoms with Crippen molar-refractivity contribution in [2.24, 2.45) is 0 Å². The highest BCUT2D eigenvalue weighted by atomic mass is 16.4. The first-order valence-electron chi connectivity index (χ1n) is 8.27. The number of likely N-dealkylation sites (tertiary alicyclic amines) is 2. The Bertz CT molecular complexity index is 470. The molecule has 1 atom stereocenters. The molecule has 4 heteroatoms. The molecule has 4 nitrogen and oxygen atoms in total. The zero-order valence-corrected chi connectivity index (χ0v) is 13.6. The maximum absolute atomic E-state index is 11.5. The van der Waals surface area contributed by atoms with Crippen LogP contribution >= 0.6 is 0 Å². The maximum atomic E-state index is 11.5. The van der Waals surface area contributed by atoms with Crippen LogP contribution in [0.15, 0.2) is 36.5 Å². The molecule has 0 saturated carbocycles. The molecule has 0 aromatic heterocycles. The van der Waals surface area contributed by atoms with Gasteiger partial charge in [-0.1, -0.05) is 36.5 Å². The molecule has 2 heterocycles. The normalized spacial score (nSPS) is 26.5. The van der Waals surface area contributed by atoms with Crippen molar-refractivity contribution < 1.29 is 9.90 Å². The second-order valence-corrected chi connectivity index (χ2v) is 6.43. The Labute approximate surface area is 133 Å². The van der Waals surface area contributed by atoms with Gasteiger partial charge in [-0.05, 0) is 45.6 Å². The molecule has 1 amide bonds. The van der Waals surface area contributed by atoms with Crippen molar-refractivity contribution in [3.63, 3.8) is 0 Å². The Hall–Kier alpha value is -1.55. The van der Waals surface area contributed by atoms with Crippen LogP contribution in [0, 0.1) is 0 Å². The van der Waals surface area contributed by atoms with E-state index in [4.69, 9.17) is 0 Å². The molecule has 2 fully saturated rings. The molecule has 22 heavy (non-hydrogen) atoms. The van der Waals surface area contributed by atoms with Crippen LogP contribution in [0.5, 0.6) is 0 Å². The number of amides is 1. The van der Waals surface area contributed by atoms with E-state index in [2.05, 4.69) is 17.6 Å². The SMILES string of the molecule is C=C(/C=C\C=C/C)CCN1CCCC2(CCCN2C(=O)O)C1. The van der Waals surface area contributed by atoms with Gasteiger partial charge >= 0.3 is 6.09 Å². The van der Waals surface area contributed by atoms with Crippen LogP contribution in [0.2, 0.25) is 0 Å². The van der Waals surface area contributed by atoms with Crippen molar-refractivity contribution in [1.82, 2.24) is 9.80 Å². The molecule has 2 aliphatic heterocycles. The van der Waals surface area contributed by atoms with E-state index in [1.54, 1.807) is 4.90 Å². The second kappa shape index (κ2) is 7.63. The summed E-state index contributed by atoms with van der Waals surface area (Å²) in [7, 11) is 0. The molecule has 2 rings (SSSR count). The minimum atomic E-state index is -0.752. The van der Waals surface area contributed by atoms with Crippen molar-refractivity contribution in [2.45, 2.75) is 44.6 Å². The first-order valence-corrected chi connectivity index (χ1v) is 8.27. The number of rotatable bonds is 5. The summed E-state index contributed by atoms with van der Waals surface area (Å²) in [6, 6.07) is 0. The minimum absolute atomic E-state index is 0.133.